The van der Waals surface area contributed by atoms with E-state index >= 15 is 0 Å². The Labute approximate surface area is 104 Å². The molecule has 0 saturated carbocycles. The van der Waals surface area contributed by atoms with Crippen LogP contribution in [0.2, 0.25) is 0 Å². The second-order valence-electron chi connectivity index (χ2n) is 3.89. The van der Waals surface area contributed by atoms with E-state index in [1.54, 1.807) is 0 Å². The van der Waals surface area contributed by atoms with Gasteiger partial charge in [-0.05, 0) is 17.7 Å². The fourth-order valence-electron chi connectivity index (χ4n) is 1.68. The highest BCUT2D eigenvalue weighted by Gasteiger charge is 2.36. The van der Waals surface area contributed by atoms with E-state index in [2.05, 4.69) is 4.98 Å². The Bertz CT molecular complexity index is 583. The highest BCUT2D eigenvalue weighted by Crippen LogP contribution is 2.29. The number of benzene rings is 1. The Morgan fingerprint density at radius 3 is 2.21 bits per heavy atom. The summed E-state index contributed by atoms with van der Waals surface area (Å²) in [6.45, 7) is -0.381. The molecule has 0 bridgehead atoms. The first-order valence-electron chi connectivity index (χ1n) is 5.10. The third-order valence-electron chi connectivity index (χ3n) is 2.32. The molecule has 0 radical (unpaired) electrons. The van der Waals surface area contributed by atoms with E-state index in [1.807, 2.05) is 0 Å². The number of anilines is 1. The van der Waals surface area contributed by atoms with Crippen molar-refractivity contribution in [1.29, 1.82) is 0 Å². The van der Waals surface area contributed by atoms with Crippen LogP contribution < -0.4 is 5.73 Å². The largest absolute Gasteiger partial charge is 0.449 e. The highest BCUT2D eigenvalue weighted by molar-refractivity contribution is 5.28. The van der Waals surface area contributed by atoms with Gasteiger partial charge in [-0.25, -0.2) is 13.8 Å². The lowest BCUT2D eigenvalue weighted by molar-refractivity contribution is -0.147. The van der Waals surface area contributed by atoms with Gasteiger partial charge in [0.15, 0.2) is 0 Å². The Hall–Kier alpha value is -2.12. The second kappa shape index (κ2) is 4.52. The molecular weight excluding hydrogens is 269 g/mol. The molecule has 0 amide bonds. The summed E-state index contributed by atoms with van der Waals surface area (Å²) in [6, 6.07) is 2.52. The number of hydrogen-bond acceptors (Lipinski definition) is 2. The lowest BCUT2D eigenvalue weighted by Crippen LogP contribution is -2.15. The SMILES string of the molecule is Nc1cn(Cc2cc(F)cc(F)c2)c(C(F)(F)F)n1. The van der Waals surface area contributed by atoms with Crippen LogP contribution >= 0.6 is 0 Å². The fourth-order valence-corrected chi connectivity index (χ4v) is 1.68. The molecule has 3 nitrogen and oxygen atoms in total. The molecule has 1 aromatic heterocycles. The first kappa shape index (κ1) is 13.3. The molecule has 8 heteroatoms. The first-order chi connectivity index (χ1) is 8.75. The number of imidazole rings is 1. The summed E-state index contributed by atoms with van der Waals surface area (Å²) >= 11 is 0. The van der Waals surface area contributed by atoms with Crippen LogP contribution in [-0.4, -0.2) is 9.55 Å². The molecule has 0 fully saturated rings. The van der Waals surface area contributed by atoms with Gasteiger partial charge in [0.05, 0.1) is 0 Å². The minimum Gasteiger partial charge on any atom is -0.382 e. The molecule has 0 aliphatic heterocycles. The Morgan fingerprint density at radius 1 is 1.11 bits per heavy atom. The van der Waals surface area contributed by atoms with Gasteiger partial charge >= 0.3 is 6.18 Å². The van der Waals surface area contributed by atoms with Crippen LogP contribution in [0.3, 0.4) is 0 Å². The average Bonchev–Trinajstić information content (AvgIpc) is 2.57. The Kier molecular flexibility index (Phi) is 3.17. The van der Waals surface area contributed by atoms with Crippen LogP contribution in [0.1, 0.15) is 11.4 Å². The summed E-state index contributed by atoms with van der Waals surface area (Å²) < 4.78 is 64.5. The van der Waals surface area contributed by atoms with Gasteiger partial charge in [-0.1, -0.05) is 0 Å². The second-order valence-corrected chi connectivity index (χ2v) is 3.89. The molecule has 0 saturated heterocycles. The zero-order valence-electron chi connectivity index (χ0n) is 9.38. The van der Waals surface area contributed by atoms with E-state index in [0.29, 0.717) is 10.6 Å². The van der Waals surface area contributed by atoms with Gasteiger partial charge in [0.2, 0.25) is 5.82 Å². The minimum absolute atomic E-state index is 0.0420. The number of nitrogen functional groups attached to an aromatic ring is 1. The average molecular weight is 277 g/mol. The lowest BCUT2D eigenvalue weighted by atomic mass is 10.2. The van der Waals surface area contributed by atoms with Crippen molar-refractivity contribution in [2.75, 3.05) is 5.73 Å². The smallest absolute Gasteiger partial charge is 0.382 e. The maximum absolute atomic E-state index is 13.0. The van der Waals surface area contributed by atoms with Crippen molar-refractivity contribution >= 4 is 5.82 Å². The van der Waals surface area contributed by atoms with Gasteiger partial charge in [-0.15, -0.1) is 0 Å². The monoisotopic (exact) mass is 277 g/mol. The number of nitrogens with two attached hydrogens (primary N) is 1. The summed E-state index contributed by atoms with van der Waals surface area (Å²) in [6.07, 6.45) is -3.73. The van der Waals surface area contributed by atoms with Crippen molar-refractivity contribution < 1.29 is 22.0 Å². The fraction of sp³-hybridized carbons (Fsp3) is 0.182. The topological polar surface area (TPSA) is 43.8 Å². The molecule has 2 N–H and O–H groups in total. The van der Waals surface area contributed by atoms with E-state index in [4.69, 9.17) is 5.73 Å². The van der Waals surface area contributed by atoms with E-state index in [1.165, 1.54) is 0 Å². The third-order valence-corrected chi connectivity index (χ3v) is 2.32. The first-order valence-corrected chi connectivity index (χ1v) is 5.10. The molecule has 1 aromatic carbocycles. The molecule has 0 aliphatic rings. The minimum atomic E-state index is -4.69. The predicted molar refractivity (Wildman–Crippen MR) is 57.1 cm³/mol. The zero-order chi connectivity index (χ0) is 14.2. The highest BCUT2D eigenvalue weighted by atomic mass is 19.4. The van der Waals surface area contributed by atoms with Gasteiger partial charge in [0, 0.05) is 18.8 Å². The van der Waals surface area contributed by atoms with Crippen molar-refractivity contribution in [1.82, 2.24) is 9.55 Å². The van der Waals surface area contributed by atoms with E-state index in [0.717, 1.165) is 18.3 Å². The summed E-state index contributed by atoms with van der Waals surface area (Å²) in [7, 11) is 0. The molecule has 2 aromatic rings. The summed E-state index contributed by atoms with van der Waals surface area (Å²) in [5.41, 5.74) is 5.25. The molecular formula is C11H8F5N3. The molecule has 0 aliphatic carbocycles. The number of halogens is 5. The number of alkyl halides is 3. The lowest BCUT2D eigenvalue weighted by Gasteiger charge is -2.10. The maximum atomic E-state index is 13.0. The van der Waals surface area contributed by atoms with Gasteiger partial charge in [0.25, 0.3) is 0 Å². The third kappa shape index (κ3) is 3.01. The molecule has 0 atom stereocenters. The zero-order valence-corrected chi connectivity index (χ0v) is 9.38. The van der Waals surface area contributed by atoms with Crippen LogP contribution in [0.4, 0.5) is 27.8 Å². The van der Waals surface area contributed by atoms with Crippen molar-refractivity contribution in [2.45, 2.75) is 12.7 Å². The Balaban J connectivity index is 2.38. The van der Waals surface area contributed by atoms with Crippen molar-refractivity contribution in [3.8, 4) is 0 Å². The predicted octanol–water partition coefficient (Wildman–Crippen LogP) is 2.81. The van der Waals surface area contributed by atoms with Crippen LogP contribution in [0.25, 0.3) is 0 Å². The number of rotatable bonds is 2. The summed E-state index contributed by atoms with van der Waals surface area (Å²) in [4.78, 5) is 3.15. The van der Waals surface area contributed by atoms with Crippen molar-refractivity contribution in [2.24, 2.45) is 0 Å². The molecule has 0 spiro atoms. The number of hydrogen-bond donors (Lipinski definition) is 1. The van der Waals surface area contributed by atoms with Crippen molar-refractivity contribution in [3.63, 3.8) is 0 Å². The van der Waals surface area contributed by atoms with E-state index in [-0.39, 0.29) is 17.9 Å². The van der Waals surface area contributed by atoms with Crippen molar-refractivity contribution in [3.05, 3.63) is 47.4 Å². The standard InChI is InChI=1S/C11H8F5N3/c12-7-1-6(2-8(13)3-7)4-19-5-9(17)18-10(19)11(14,15)16/h1-3,5H,4,17H2. The molecule has 0 unspecified atom stereocenters. The van der Waals surface area contributed by atoms with E-state index < -0.39 is 23.6 Å². The molecule has 2 rings (SSSR count). The Morgan fingerprint density at radius 2 is 1.68 bits per heavy atom. The van der Waals surface area contributed by atoms with Crippen LogP contribution in [0.15, 0.2) is 24.4 Å². The molecule has 102 valence electrons. The summed E-state index contributed by atoms with van der Waals surface area (Å²) in [5, 5.41) is 0. The van der Waals surface area contributed by atoms with Gasteiger partial charge in [0.1, 0.15) is 17.5 Å². The van der Waals surface area contributed by atoms with Gasteiger partial charge in [-0.2, -0.15) is 13.2 Å². The quantitative estimate of drug-likeness (QED) is 0.858. The van der Waals surface area contributed by atoms with E-state index in [9.17, 15) is 22.0 Å². The summed E-state index contributed by atoms with van der Waals surface area (Å²) in [5.74, 6) is -3.26. The maximum Gasteiger partial charge on any atom is 0.449 e. The normalized spacial score (nSPS) is 11.8. The number of aromatic nitrogens is 2. The van der Waals surface area contributed by atoms with Crippen LogP contribution in [0.5, 0.6) is 0 Å². The molecule has 1 heterocycles. The number of nitrogens with zero attached hydrogens (tertiary/aromatic N) is 2. The van der Waals surface area contributed by atoms with Gasteiger partial charge in [-0.3, -0.25) is 0 Å². The van der Waals surface area contributed by atoms with Gasteiger partial charge < -0.3 is 10.3 Å². The molecule has 19 heavy (non-hydrogen) atoms. The van der Waals surface area contributed by atoms with Crippen LogP contribution in [-0.2, 0) is 12.7 Å². The van der Waals surface area contributed by atoms with Crippen LogP contribution in [0, 0.1) is 11.6 Å².